The summed E-state index contributed by atoms with van der Waals surface area (Å²) in [7, 11) is 0. The molecule has 1 heterocycles. The minimum atomic E-state index is -0.312. The van der Waals surface area contributed by atoms with Crippen LogP contribution in [-0.4, -0.2) is 23.9 Å². The van der Waals surface area contributed by atoms with Crippen LogP contribution in [0.25, 0.3) is 0 Å². The maximum Gasteiger partial charge on any atom is 0.227 e. The van der Waals surface area contributed by atoms with E-state index in [-0.39, 0.29) is 17.6 Å². The Kier molecular flexibility index (Phi) is 5.44. The van der Waals surface area contributed by atoms with Gasteiger partial charge in [0.05, 0.1) is 0 Å². The maximum atomic E-state index is 13.5. The second kappa shape index (κ2) is 7.84. The van der Waals surface area contributed by atoms with Crippen molar-refractivity contribution in [1.82, 2.24) is 4.90 Å². The van der Waals surface area contributed by atoms with Gasteiger partial charge in [0.2, 0.25) is 5.91 Å². The minimum Gasteiger partial charge on any atom is -0.326 e. The molecule has 3 nitrogen and oxygen atoms in total. The maximum absolute atomic E-state index is 13.5. The first-order valence-electron chi connectivity index (χ1n) is 9.96. The van der Waals surface area contributed by atoms with Gasteiger partial charge in [-0.05, 0) is 79.5 Å². The van der Waals surface area contributed by atoms with E-state index in [1.807, 2.05) is 25.1 Å². The van der Waals surface area contributed by atoms with Gasteiger partial charge in [0, 0.05) is 36.3 Å². The standard InChI is InChI=1S/C23H26ClFN2O/c1-16-10-20(25)12-21(11-16)26-22(28)18-6-8-23(9-7-18)14-27(15-23)13-17-2-4-19(24)5-3-17/h2-5,10-12,18H,6-9,13-15H2,1H3,(H,26,28). The average molecular weight is 401 g/mol. The van der Waals surface area contributed by atoms with E-state index >= 15 is 0 Å². The van der Waals surface area contributed by atoms with Crippen LogP contribution in [-0.2, 0) is 11.3 Å². The smallest absolute Gasteiger partial charge is 0.227 e. The average Bonchev–Trinajstić information content (AvgIpc) is 2.62. The van der Waals surface area contributed by atoms with Gasteiger partial charge in [0.1, 0.15) is 5.82 Å². The van der Waals surface area contributed by atoms with Crippen LogP contribution in [0.3, 0.4) is 0 Å². The van der Waals surface area contributed by atoms with Gasteiger partial charge in [-0.15, -0.1) is 0 Å². The molecule has 1 saturated carbocycles. The van der Waals surface area contributed by atoms with Crippen LogP contribution in [0, 0.1) is 24.1 Å². The largest absolute Gasteiger partial charge is 0.326 e. The van der Waals surface area contributed by atoms with E-state index in [1.165, 1.54) is 17.7 Å². The lowest BCUT2D eigenvalue weighted by atomic mass is 9.65. The zero-order valence-corrected chi connectivity index (χ0v) is 16.9. The highest BCUT2D eigenvalue weighted by atomic mass is 35.5. The van der Waals surface area contributed by atoms with E-state index in [2.05, 4.69) is 22.3 Å². The third-order valence-electron chi connectivity index (χ3n) is 6.16. The number of likely N-dealkylation sites (tertiary alicyclic amines) is 1. The van der Waals surface area contributed by atoms with Crippen LogP contribution in [0.5, 0.6) is 0 Å². The predicted molar refractivity (Wildman–Crippen MR) is 111 cm³/mol. The summed E-state index contributed by atoms with van der Waals surface area (Å²) in [6, 6.07) is 12.7. The minimum absolute atomic E-state index is 0.0252. The first-order valence-corrected chi connectivity index (χ1v) is 10.3. The number of halogens is 2. The summed E-state index contributed by atoms with van der Waals surface area (Å²) < 4.78 is 13.5. The molecule has 1 amide bonds. The van der Waals surface area contributed by atoms with E-state index in [1.54, 1.807) is 0 Å². The first-order chi connectivity index (χ1) is 13.4. The molecule has 1 aliphatic carbocycles. The lowest BCUT2D eigenvalue weighted by Gasteiger charge is -2.53. The number of carbonyl (C=O) groups is 1. The van der Waals surface area contributed by atoms with Crippen LogP contribution in [0.15, 0.2) is 42.5 Å². The summed E-state index contributed by atoms with van der Waals surface area (Å²) in [6.07, 6.45) is 4.00. The summed E-state index contributed by atoms with van der Waals surface area (Å²) >= 11 is 5.95. The Hall–Kier alpha value is -1.91. The van der Waals surface area contributed by atoms with Gasteiger partial charge < -0.3 is 5.32 Å². The molecule has 2 aromatic rings. The van der Waals surface area contributed by atoms with Crippen molar-refractivity contribution in [1.29, 1.82) is 0 Å². The summed E-state index contributed by atoms with van der Waals surface area (Å²) in [5.41, 5.74) is 3.03. The number of nitrogens with one attached hydrogen (secondary N) is 1. The number of benzene rings is 2. The highest BCUT2D eigenvalue weighted by molar-refractivity contribution is 6.30. The molecule has 0 aromatic heterocycles. The molecule has 2 aromatic carbocycles. The molecule has 0 bridgehead atoms. The fourth-order valence-electron chi connectivity index (χ4n) is 4.72. The summed E-state index contributed by atoms with van der Waals surface area (Å²) in [5.74, 6) is -0.259. The van der Waals surface area contributed by atoms with Crippen molar-refractivity contribution in [2.24, 2.45) is 11.3 Å². The van der Waals surface area contributed by atoms with Crippen molar-refractivity contribution < 1.29 is 9.18 Å². The van der Waals surface area contributed by atoms with Crippen LogP contribution in [0.1, 0.15) is 36.8 Å². The SMILES string of the molecule is Cc1cc(F)cc(NC(=O)C2CCC3(CC2)CN(Cc2ccc(Cl)cc2)C3)c1. The van der Waals surface area contributed by atoms with Gasteiger partial charge in [0.15, 0.2) is 0 Å². The highest BCUT2D eigenvalue weighted by Crippen LogP contribution is 2.46. The molecule has 1 spiro atoms. The molecular formula is C23H26ClFN2O. The second-order valence-corrected chi connectivity index (χ2v) is 8.99. The fourth-order valence-corrected chi connectivity index (χ4v) is 4.85. The molecule has 0 radical (unpaired) electrons. The molecule has 1 saturated heterocycles. The lowest BCUT2D eigenvalue weighted by molar-refractivity contribution is -0.123. The van der Waals surface area contributed by atoms with Gasteiger partial charge in [-0.2, -0.15) is 0 Å². The Morgan fingerprint density at radius 2 is 1.86 bits per heavy atom. The number of rotatable bonds is 4. The van der Waals surface area contributed by atoms with Crippen LogP contribution in [0.4, 0.5) is 10.1 Å². The number of nitrogens with zero attached hydrogens (tertiary/aromatic N) is 1. The van der Waals surface area contributed by atoms with Crippen molar-refractivity contribution in [2.75, 3.05) is 18.4 Å². The van der Waals surface area contributed by atoms with E-state index in [0.29, 0.717) is 11.1 Å². The lowest BCUT2D eigenvalue weighted by Crippen LogP contribution is -2.57. The highest BCUT2D eigenvalue weighted by Gasteiger charge is 2.45. The number of amides is 1. The van der Waals surface area contributed by atoms with Crippen LogP contribution >= 0.6 is 11.6 Å². The molecule has 0 unspecified atom stereocenters. The van der Waals surface area contributed by atoms with E-state index < -0.39 is 0 Å². The molecule has 1 N–H and O–H groups in total. The van der Waals surface area contributed by atoms with E-state index in [4.69, 9.17) is 11.6 Å². The predicted octanol–water partition coefficient (Wildman–Crippen LogP) is 5.42. The molecule has 0 atom stereocenters. The Morgan fingerprint density at radius 1 is 1.18 bits per heavy atom. The summed E-state index contributed by atoms with van der Waals surface area (Å²) in [4.78, 5) is 15.1. The summed E-state index contributed by atoms with van der Waals surface area (Å²) in [6.45, 7) is 5.00. The summed E-state index contributed by atoms with van der Waals surface area (Å²) in [5, 5.41) is 3.67. The molecule has 5 heteroatoms. The van der Waals surface area contributed by atoms with E-state index in [0.717, 1.165) is 55.9 Å². The normalized spacial score (nSPS) is 19.4. The van der Waals surface area contributed by atoms with Crippen molar-refractivity contribution in [3.05, 3.63) is 64.4 Å². The number of hydrogen-bond acceptors (Lipinski definition) is 2. The van der Waals surface area contributed by atoms with Crippen molar-refractivity contribution in [3.63, 3.8) is 0 Å². The molecule has 2 aliphatic rings. The Morgan fingerprint density at radius 3 is 2.50 bits per heavy atom. The molecule has 148 valence electrons. The van der Waals surface area contributed by atoms with Gasteiger partial charge in [-0.3, -0.25) is 9.69 Å². The van der Waals surface area contributed by atoms with Crippen molar-refractivity contribution in [2.45, 2.75) is 39.2 Å². The topological polar surface area (TPSA) is 32.3 Å². The zero-order valence-electron chi connectivity index (χ0n) is 16.2. The first kappa shape index (κ1) is 19.4. The quantitative estimate of drug-likeness (QED) is 0.743. The van der Waals surface area contributed by atoms with Crippen LogP contribution in [0.2, 0.25) is 5.02 Å². The molecule has 1 aliphatic heterocycles. The Bertz CT molecular complexity index is 831. The number of carbonyl (C=O) groups excluding carboxylic acids is 1. The van der Waals surface area contributed by atoms with Gasteiger partial charge in [0.25, 0.3) is 0 Å². The van der Waals surface area contributed by atoms with Crippen molar-refractivity contribution in [3.8, 4) is 0 Å². The molecule has 28 heavy (non-hydrogen) atoms. The molecular weight excluding hydrogens is 375 g/mol. The number of hydrogen-bond donors (Lipinski definition) is 1. The van der Waals surface area contributed by atoms with Gasteiger partial charge >= 0.3 is 0 Å². The third kappa shape index (κ3) is 4.39. The monoisotopic (exact) mass is 400 g/mol. The fraction of sp³-hybridized carbons (Fsp3) is 0.435. The number of aryl methyl sites for hydroxylation is 1. The second-order valence-electron chi connectivity index (χ2n) is 8.55. The zero-order chi connectivity index (χ0) is 19.7. The van der Waals surface area contributed by atoms with Gasteiger partial charge in [-0.25, -0.2) is 4.39 Å². The van der Waals surface area contributed by atoms with E-state index in [9.17, 15) is 9.18 Å². The van der Waals surface area contributed by atoms with Gasteiger partial charge in [-0.1, -0.05) is 23.7 Å². The van der Waals surface area contributed by atoms with Crippen LogP contribution < -0.4 is 5.32 Å². The third-order valence-corrected chi connectivity index (χ3v) is 6.42. The molecule has 2 fully saturated rings. The number of anilines is 1. The molecule has 4 rings (SSSR count). The van der Waals surface area contributed by atoms with Crippen molar-refractivity contribution >= 4 is 23.2 Å². The Labute approximate surface area is 170 Å². The Balaban J connectivity index is 1.26.